The van der Waals surface area contributed by atoms with Crippen LogP contribution in [0.3, 0.4) is 0 Å². The molecular weight excluding hydrogens is 294 g/mol. The smallest absolute Gasteiger partial charge is 0.142 e. The van der Waals surface area contributed by atoms with Crippen LogP contribution in [0.2, 0.25) is 5.02 Å². The van der Waals surface area contributed by atoms with Crippen molar-refractivity contribution >= 4 is 23.1 Å². The van der Waals surface area contributed by atoms with Gasteiger partial charge in [-0.05, 0) is 51.5 Å². The van der Waals surface area contributed by atoms with E-state index in [0.29, 0.717) is 5.02 Å². The topological polar surface area (TPSA) is 29.3 Å². The van der Waals surface area contributed by atoms with E-state index in [0.717, 1.165) is 28.3 Å². The Hall–Kier alpha value is -2.00. The van der Waals surface area contributed by atoms with Crippen LogP contribution < -0.4 is 5.32 Å². The Kier molecular flexibility index (Phi) is 3.61. The van der Waals surface area contributed by atoms with Gasteiger partial charge in [0.25, 0.3) is 0 Å². The maximum Gasteiger partial charge on any atom is 0.142 e. The van der Waals surface area contributed by atoms with Crippen molar-refractivity contribution in [1.29, 1.82) is 0 Å². The molecule has 2 aromatic heterocycles. The van der Waals surface area contributed by atoms with Gasteiger partial charge in [0, 0.05) is 22.3 Å². The minimum Gasteiger partial charge on any atom is -0.365 e. The molecule has 3 aromatic rings. The summed E-state index contributed by atoms with van der Waals surface area (Å²) in [7, 11) is 0. The summed E-state index contributed by atoms with van der Waals surface area (Å²) < 4.78 is 2.11. The average Bonchev–Trinajstić information content (AvgIpc) is 2.77. The highest BCUT2D eigenvalue weighted by Crippen LogP contribution is 2.32. The third-order valence-corrected chi connectivity index (χ3v) is 3.67. The zero-order chi connectivity index (χ0) is 15.9. The maximum absolute atomic E-state index is 6.16. The van der Waals surface area contributed by atoms with Gasteiger partial charge in [0.15, 0.2) is 0 Å². The second-order valence-electron chi connectivity index (χ2n) is 6.58. The lowest BCUT2D eigenvalue weighted by atomic mass is 10.1. The Morgan fingerprint density at radius 2 is 1.91 bits per heavy atom. The first-order valence-corrected chi connectivity index (χ1v) is 7.75. The summed E-state index contributed by atoms with van der Waals surface area (Å²) in [6, 6.07) is 11.9. The average molecular weight is 314 g/mol. The van der Waals surface area contributed by atoms with Crippen LogP contribution in [-0.4, -0.2) is 14.9 Å². The molecule has 0 amide bonds. The molecule has 0 atom stereocenters. The molecule has 4 heteroatoms. The van der Waals surface area contributed by atoms with E-state index in [-0.39, 0.29) is 5.54 Å². The number of rotatable bonds is 2. The highest BCUT2D eigenvalue weighted by atomic mass is 35.5. The van der Waals surface area contributed by atoms with Gasteiger partial charge in [-0.1, -0.05) is 29.8 Å². The molecular formula is C18H20ClN3. The molecule has 1 aromatic carbocycles. The quantitative estimate of drug-likeness (QED) is 0.707. The molecule has 0 aliphatic heterocycles. The standard InChI is InChI=1S/C18H20ClN3/c1-12-7-6-10-22-16(12)20-15(17(22)21-18(2,3)4)13-8-5-9-14(19)11-13/h5-11,21H,1-4H3. The van der Waals surface area contributed by atoms with Crippen LogP contribution in [0.15, 0.2) is 42.6 Å². The van der Waals surface area contributed by atoms with Gasteiger partial charge >= 0.3 is 0 Å². The number of nitrogens with one attached hydrogen (secondary N) is 1. The lowest BCUT2D eigenvalue weighted by molar-refractivity contribution is 0.629. The van der Waals surface area contributed by atoms with E-state index in [1.807, 2.05) is 36.5 Å². The number of hydrogen-bond acceptors (Lipinski definition) is 2. The van der Waals surface area contributed by atoms with Gasteiger partial charge in [-0.2, -0.15) is 0 Å². The molecule has 0 bridgehead atoms. The van der Waals surface area contributed by atoms with Crippen LogP contribution >= 0.6 is 11.6 Å². The van der Waals surface area contributed by atoms with Crippen LogP contribution in [0.25, 0.3) is 16.9 Å². The van der Waals surface area contributed by atoms with Crippen LogP contribution in [0.1, 0.15) is 26.3 Å². The Morgan fingerprint density at radius 1 is 1.14 bits per heavy atom. The SMILES string of the molecule is Cc1cccn2c(NC(C)(C)C)c(-c3cccc(Cl)c3)nc12. The third kappa shape index (κ3) is 2.81. The predicted molar refractivity (Wildman–Crippen MR) is 93.8 cm³/mol. The molecule has 0 spiro atoms. The number of hydrogen-bond donors (Lipinski definition) is 1. The van der Waals surface area contributed by atoms with Gasteiger partial charge in [-0.25, -0.2) is 4.98 Å². The Morgan fingerprint density at radius 3 is 2.59 bits per heavy atom. The van der Waals surface area contributed by atoms with E-state index in [4.69, 9.17) is 16.6 Å². The normalized spacial score (nSPS) is 11.9. The molecule has 0 aliphatic rings. The number of aromatic nitrogens is 2. The van der Waals surface area contributed by atoms with Gasteiger partial charge in [0.2, 0.25) is 0 Å². The fraction of sp³-hybridized carbons (Fsp3) is 0.278. The van der Waals surface area contributed by atoms with Crippen LogP contribution in [0, 0.1) is 6.92 Å². The lowest BCUT2D eigenvalue weighted by Gasteiger charge is -2.22. The molecule has 3 nitrogen and oxygen atoms in total. The molecule has 1 N–H and O–H groups in total. The second kappa shape index (κ2) is 5.33. The van der Waals surface area contributed by atoms with E-state index in [1.54, 1.807) is 0 Å². The number of aryl methyl sites for hydroxylation is 1. The minimum absolute atomic E-state index is 0.0625. The molecule has 0 aliphatic carbocycles. The van der Waals surface area contributed by atoms with E-state index in [9.17, 15) is 0 Å². The molecule has 0 fully saturated rings. The van der Waals surface area contributed by atoms with Crippen molar-refractivity contribution in [2.24, 2.45) is 0 Å². The predicted octanol–water partition coefficient (Wildman–Crippen LogP) is 5.17. The highest BCUT2D eigenvalue weighted by molar-refractivity contribution is 6.30. The van der Waals surface area contributed by atoms with Gasteiger partial charge in [-0.15, -0.1) is 0 Å². The van der Waals surface area contributed by atoms with Crippen molar-refractivity contribution in [1.82, 2.24) is 9.38 Å². The number of halogens is 1. The van der Waals surface area contributed by atoms with Crippen molar-refractivity contribution < 1.29 is 0 Å². The summed E-state index contributed by atoms with van der Waals surface area (Å²) in [6.45, 7) is 8.50. The summed E-state index contributed by atoms with van der Waals surface area (Å²) in [5.74, 6) is 0.994. The minimum atomic E-state index is -0.0625. The highest BCUT2D eigenvalue weighted by Gasteiger charge is 2.19. The number of anilines is 1. The first kappa shape index (κ1) is 14.9. The van der Waals surface area contributed by atoms with Crippen molar-refractivity contribution in [2.75, 3.05) is 5.32 Å². The third-order valence-electron chi connectivity index (χ3n) is 3.44. The molecule has 0 saturated carbocycles. The Balaban J connectivity index is 2.28. The van der Waals surface area contributed by atoms with Gasteiger partial charge in [0.05, 0.1) is 0 Å². The molecule has 2 heterocycles. The Bertz CT molecular complexity index is 828. The summed E-state index contributed by atoms with van der Waals surface area (Å²) >= 11 is 6.16. The number of imidazole rings is 1. The van der Waals surface area contributed by atoms with Crippen molar-refractivity contribution in [3.05, 3.63) is 53.2 Å². The monoisotopic (exact) mass is 313 g/mol. The van der Waals surface area contributed by atoms with Crippen LogP contribution in [0.4, 0.5) is 5.82 Å². The summed E-state index contributed by atoms with van der Waals surface area (Å²) in [4.78, 5) is 4.85. The van der Waals surface area contributed by atoms with E-state index < -0.39 is 0 Å². The number of pyridine rings is 1. The zero-order valence-electron chi connectivity index (χ0n) is 13.3. The van der Waals surface area contributed by atoms with E-state index >= 15 is 0 Å². The first-order valence-electron chi connectivity index (χ1n) is 7.37. The molecule has 0 radical (unpaired) electrons. The number of fused-ring (bicyclic) bond motifs is 1. The molecule has 0 unspecified atom stereocenters. The van der Waals surface area contributed by atoms with Crippen molar-refractivity contribution in [3.63, 3.8) is 0 Å². The van der Waals surface area contributed by atoms with Crippen LogP contribution in [0.5, 0.6) is 0 Å². The van der Waals surface area contributed by atoms with E-state index in [2.05, 4.69) is 43.5 Å². The van der Waals surface area contributed by atoms with Crippen molar-refractivity contribution in [2.45, 2.75) is 33.2 Å². The first-order chi connectivity index (χ1) is 10.3. The number of nitrogens with zero attached hydrogens (tertiary/aromatic N) is 2. The Labute approximate surface area is 136 Å². The van der Waals surface area contributed by atoms with Crippen LogP contribution in [-0.2, 0) is 0 Å². The second-order valence-corrected chi connectivity index (χ2v) is 7.02. The van der Waals surface area contributed by atoms with Crippen molar-refractivity contribution in [3.8, 4) is 11.3 Å². The molecule has 114 valence electrons. The zero-order valence-corrected chi connectivity index (χ0v) is 14.1. The number of benzene rings is 1. The van der Waals surface area contributed by atoms with E-state index in [1.165, 1.54) is 0 Å². The summed E-state index contributed by atoms with van der Waals surface area (Å²) in [5.41, 5.74) is 3.98. The van der Waals surface area contributed by atoms with Gasteiger partial charge < -0.3 is 5.32 Å². The van der Waals surface area contributed by atoms with Gasteiger partial charge in [-0.3, -0.25) is 4.40 Å². The maximum atomic E-state index is 6.16. The fourth-order valence-corrected chi connectivity index (χ4v) is 2.71. The molecule has 22 heavy (non-hydrogen) atoms. The van der Waals surface area contributed by atoms with Gasteiger partial charge in [0.1, 0.15) is 17.2 Å². The molecule has 0 saturated heterocycles. The summed E-state index contributed by atoms with van der Waals surface area (Å²) in [5, 5.41) is 4.29. The molecule has 3 rings (SSSR count). The fourth-order valence-electron chi connectivity index (χ4n) is 2.52. The lowest BCUT2D eigenvalue weighted by Crippen LogP contribution is -2.27. The largest absolute Gasteiger partial charge is 0.365 e. The summed E-state index contributed by atoms with van der Waals surface area (Å²) in [6.07, 6.45) is 2.04.